The molecule has 2 N–H and O–H groups in total. The lowest BCUT2D eigenvalue weighted by molar-refractivity contribution is 0.352. The van der Waals surface area contributed by atoms with Crippen LogP contribution in [0, 0.1) is 5.92 Å². The topological polar surface area (TPSA) is 44.5 Å². The van der Waals surface area contributed by atoms with Crippen LogP contribution in [0.5, 0.6) is 11.5 Å². The Morgan fingerprint density at radius 1 is 1.05 bits per heavy atom. The van der Waals surface area contributed by atoms with Crippen molar-refractivity contribution in [3.63, 3.8) is 0 Å². The first-order chi connectivity index (χ1) is 9.74. The largest absolute Gasteiger partial charge is 0.493 e. The number of nitrogens with two attached hydrogens (primary N) is 1. The molecule has 1 atom stereocenters. The Bertz CT molecular complexity index is 411. The van der Waals surface area contributed by atoms with E-state index in [2.05, 4.69) is 12.1 Å². The molecule has 0 radical (unpaired) electrons. The highest BCUT2D eigenvalue weighted by atomic mass is 16.5. The maximum atomic E-state index is 6.44. The second-order valence-electron chi connectivity index (χ2n) is 5.81. The van der Waals surface area contributed by atoms with Gasteiger partial charge in [0, 0.05) is 6.04 Å². The van der Waals surface area contributed by atoms with Crippen molar-refractivity contribution in [3.8, 4) is 11.5 Å². The molecule has 3 nitrogen and oxygen atoms in total. The number of methoxy groups -OCH3 is 2. The Morgan fingerprint density at radius 2 is 1.70 bits per heavy atom. The van der Waals surface area contributed by atoms with Crippen molar-refractivity contribution in [3.05, 3.63) is 23.8 Å². The third kappa shape index (κ3) is 3.89. The number of ether oxygens (including phenoxy) is 2. The molecule has 1 fully saturated rings. The second kappa shape index (κ2) is 7.53. The zero-order valence-corrected chi connectivity index (χ0v) is 12.7. The molecule has 0 bridgehead atoms. The first-order valence-corrected chi connectivity index (χ1v) is 7.71. The molecule has 1 saturated carbocycles. The molecule has 2 rings (SSSR count). The van der Waals surface area contributed by atoms with Crippen LogP contribution in [-0.2, 0) is 6.42 Å². The fourth-order valence-electron chi connectivity index (χ4n) is 3.19. The molecular weight excluding hydrogens is 250 g/mol. The Labute approximate surface area is 122 Å². The summed E-state index contributed by atoms with van der Waals surface area (Å²) in [5.41, 5.74) is 7.68. The molecule has 1 unspecified atom stereocenters. The fraction of sp³-hybridized carbons (Fsp3) is 0.647. The summed E-state index contributed by atoms with van der Waals surface area (Å²) in [6.07, 6.45) is 8.92. The molecule has 0 aliphatic heterocycles. The van der Waals surface area contributed by atoms with Gasteiger partial charge < -0.3 is 15.2 Å². The predicted octanol–water partition coefficient (Wildman–Crippen LogP) is 3.54. The van der Waals surface area contributed by atoms with Crippen LogP contribution < -0.4 is 15.2 Å². The van der Waals surface area contributed by atoms with Crippen LogP contribution >= 0.6 is 0 Å². The van der Waals surface area contributed by atoms with Gasteiger partial charge in [-0.25, -0.2) is 0 Å². The number of hydrogen-bond acceptors (Lipinski definition) is 3. The van der Waals surface area contributed by atoms with Crippen LogP contribution in [0.1, 0.15) is 44.1 Å². The van der Waals surface area contributed by atoms with E-state index in [0.29, 0.717) is 5.92 Å². The number of rotatable bonds is 5. The Morgan fingerprint density at radius 3 is 2.30 bits per heavy atom. The molecule has 20 heavy (non-hydrogen) atoms. The molecule has 1 aromatic carbocycles. The molecule has 1 aromatic rings. The quantitative estimate of drug-likeness (QED) is 0.837. The molecule has 1 aliphatic carbocycles. The van der Waals surface area contributed by atoms with Gasteiger partial charge in [0.15, 0.2) is 11.5 Å². The van der Waals surface area contributed by atoms with Gasteiger partial charge in [-0.1, -0.05) is 31.7 Å². The van der Waals surface area contributed by atoms with Crippen LogP contribution in [0.3, 0.4) is 0 Å². The zero-order valence-electron chi connectivity index (χ0n) is 12.7. The van der Waals surface area contributed by atoms with E-state index in [1.165, 1.54) is 44.1 Å². The Balaban J connectivity index is 2.01. The predicted molar refractivity (Wildman–Crippen MR) is 82.4 cm³/mol. The van der Waals surface area contributed by atoms with E-state index in [4.69, 9.17) is 15.2 Å². The highest BCUT2D eigenvalue weighted by molar-refractivity contribution is 5.43. The monoisotopic (exact) mass is 277 g/mol. The summed E-state index contributed by atoms with van der Waals surface area (Å²) in [6.45, 7) is 0. The first kappa shape index (κ1) is 15.2. The SMILES string of the molecule is COc1ccc(CC(N)C2CCCCCC2)cc1OC. The maximum Gasteiger partial charge on any atom is 0.160 e. The smallest absolute Gasteiger partial charge is 0.160 e. The van der Waals surface area contributed by atoms with Gasteiger partial charge in [-0.2, -0.15) is 0 Å². The van der Waals surface area contributed by atoms with E-state index in [1.807, 2.05) is 6.07 Å². The Kier molecular flexibility index (Phi) is 5.72. The van der Waals surface area contributed by atoms with Crippen LogP contribution in [0.4, 0.5) is 0 Å². The normalized spacial score (nSPS) is 18.4. The summed E-state index contributed by atoms with van der Waals surface area (Å²) in [5, 5.41) is 0. The van der Waals surface area contributed by atoms with Gasteiger partial charge in [0.2, 0.25) is 0 Å². The highest BCUT2D eigenvalue weighted by Crippen LogP contribution is 2.30. The summed E-state index contributed by atoms with van der Waals surface area (Å²) in [4.78, 5) is 0. The van der Waals surface area contributed by atoms with E-state index in [1.54, 1.807) is 14.2 Å². The fourth-order valence-corrected chi connectivity index (χ4v) is 3.19. The minimum absolute atomic E-state index is 0.256. The zero-order chi connectivity index (χ0) is 14.4. The van der Waals surface area contributed by atoms with E-state index in [-0.39, 0.29) is 6.04 Å². The van der Waals surface area contributed by atoms with Crippen molar-refractivity contribution < 1.29 is 9.47 Å². The summed E-state index contributed by atoms with van der Waals surface area (Å²) in [5.74, 6) is 2.24. The summed E-state index contributed by atoms with van der Waals surface area (Å²) in [6, 6.07) is 6.37. The van der Waals surface area contributed by atoms with Gasteiger partial charge in [-0.3, -0.25) is 0 Å². The van der Waals surface area contributed by atoms with Gasteiger partial charge >= 0.3 is 0 Å². The van der Waals surface area contributed by atoms with Gasteiger partial charge in [0.05, 0.1) is 14.2 Å². The van der Waals surface area contributed by atoms with E-state index in [0.717, 1.165) is 17.9 Å². The van der Waals surface area contributed by atoms with E-state index < -0.39 is 0 Å². The number of hydrogen-bond donors (Lipinski definition) is 1. The van der Waals surface area contributed by atoms with Crippen LogP contribution in [0.2, 0.25) is 0 Å². The highest BCUT2D eigenvalue weighted by Gasteiger charge is 2.20. The molecule has 0 spiro atoms. The lowest BCUT2D eigenvalue weighted by atomic mass is 9.88. The number of benzene rings is 1. The molecule has 0 amide bonds. The molecule has 0 saturated heterocycles. The second-order valence-corrected chi connectivity index (χ2v) is 5.81. The van der Waals surface area contributed by atoms with Crippen molar-refractivity contribution in [2.24, 2.45) is 11.7 Å². The molecule has 0 aromatic heterocycles. The lowest BCUT2D eigenvalue weighted by Crippen LogP contribution is -2.32. The first-order valence-electron chi connectivity index (χ1n) is 7.71. The Hall–Kier alpha value is -1.22. The average Bonchev–Trinajstić information content (AvgIpc) is 2.76. The third-order valence-corrected chi connectivity index (χ3v) is 4.42. The summed E-state index contributed by atoms with van der Waals surface area (Å²) >= 11 is 0. The third-order valence-electron chi connectivity index (χ3n) is 4.42. The summed E-state index contributed by atoms with van der Waals surface area (Å²) in [7, 11) is 3.33. The maximum absolute atomic E-state index is 6.44. The molecule has 112 valence electrons. The van der Waals surface area contributed by atoms with Gasteiger partial charge in [-0.05, 0) is 42.9 Å². The van der Waals surface area contributed by atoms with Crippen molar-refractivity contribution in [1.82, 2.24) is 0 Å². The van der Waals surface area contributed by atoms with Crippen LogP contribution in [-0.4, -0.2) is 20.3 Å². The molecule has 1 aliphatic rings. The minimum Gasteiger partial charge on any atom is -0.493 e. The minimum atomic E-state index is 0.256. The lowest BCUT2D eigenvalue weighted by Gasteiger charge is -2.22. The standard InChI is InChI=1S/C17H27NO2/c1-19-16-10-9-13(12-17(16)20-2)11-15(18)14-7-5-3-4-6-8-14/h9-10,12,14-15H,3-8,11,18H2,1-2H3. The van der Waals surface area contributed by atoms with Crippen LogP contribution in [0.25, 0.3) is 0 Å². The molecular formula is C17H27NO2. The van der Waals surface area contributed by atoms with Crippen molar-refractivity contribution in [1.29, 1.82) is 0 Å². The van der Waals surface area contributed by atoms with Crippen molar-refractivity contribution in [2.75, 3.05) is 14.2 Å². The van der Waals surface area contributed by atoms with Gasteiger partial charge in [0.1, 0.15) is 0 Å². The van der Waals surface area contributed by atoms with Crippen molar-refractivity contribution >= 4 is 0 Å². The van der Waals surface area contributed by atoms with Gasteiger partial charge in [-0.15, -0.1) is 0 Å². The summed E-state index contributed by atoms with van der Waals surface area (Å²) < 4.78 is 10.6. The van der Waals surface area contributed by atoms with E-state index in [9.17, 15) is 0 Å². The van der Waals surface area contributed by atoms with E-state index >= 15 is 0 Å². The van der Waals surface area contributed by atoms with Crippen molar-refractivity contribution in [2.45, 2.75) is 51.0 Å². The molecule has 0 heterocycles. The molecule has 3 heteroatoms. The van der Waals surface area contributed by atoms with Crippen LogP contribution in [0.15, 0.2) is 18.2 Å². The van der Waals surface area contributed by atoms with Gasteiger partial charge in [0.25, 0.3) is 0 Å². The average molecular weight is 277 g/mol.